The van der Waals surface area contributed by atoms with Gasteiger partial charge in [0.25, 0.3) is 0 Å². The number of aryl methyl sites for hydroxylation is 1. The molecule has 1 aliphatic carbocycles. The van der Waals surface area contributed by atoms with E-state index in [0.29, 0.717) is 22.3 Å². The summed E-state index contributed by atoms with van der Waals surface area (Å²) < 4.78 is 24.8. The highest BCUT2D eigenvalue weighted by Crippen LogP contribution is 2.50. The number of hydrogen-bond acceptors (Lipinski definition) is 10. The van der Waals surface area contributed by atoms with Crippen molar-refractivity contribution in [1.82, 2.24) is 30.0 Å². The van der Waals surface area contributed by atoms with Crippen molar-refractivity contribution in [2.24, 2.45) is 7.05 Å². The van der Waals surface area contributed by atoms with Gasteiger partial charge in [0.2, 0.25) is 5.95 Å². The zero-order chi connectivity index (χ0) is 35.8. The van der Waals surface area contributed by atoms with Crippen molar-refractivity contribution in [1.29, 1.82) is 0 Å². The Kier molecular flexibility index (Phi) is 10.0. The molecular formula is C38H48BrN10O2P. The fourth-order valence-electron chi connectivity index (χ4n) is 7.73. The van der Waals surface area contributed by atoms with E-state index in [4.69, 9.17) is 9.72 Å². The van der Waals surface area contributed by atoms with Gasteiger partial charge in [-0.25, -0.2) is 4.98 Å². The normalized spacial score (nSPS) is 20.0. The van der Waals surface area contributed by atoms with Crippen LogP contribution in [0.1, 0.15) is 37.7 Å². The van der Waals surface area contributed by atoms with Gasteiger partial charge in [-0.2, -0.15) is 10.1 Å². The van der Waals surface area contributed by atoms with Crippen LogP contribution in [-0.2, 0) is 11.6 Å². The zero-order valence-corrected chi connectivity index (χ0v) is 32.6. The molecule has 4 aliphatic rings. The largest absolute Gasteiger partial charge is 0.488 e. The monoisotopic (exact) mass is 786 g/mol. The first-order valence-corrected chi connectivity index (χ1v) is 21.8. The predicted molar refractivity (Wildman–Crippen MR) is 214 cm³/mol. The molecule has 0 amide bonds. The molecule has 52 heavy (non-hydrogen) atoms. The number of nitrogens with zero attached hydrogens (tertiary/aromatic N) is 7. The maximum Gasteiger partial charge on any atom is 0.229 e. The van der Waals surface area contributed by atoms with E-state index in [-0.39, 0.29) is 12.3 Å². The van der Waals surface area contributed by atoms with E-state index in [0.717, 1.165) is 98.8 Å². The quantitative estimate of drug-likeness (QED) is 0.145. The summed E-state index contributed by atoms with van der Waals surface area (Å²) in [6.07, 6.45) is 15.2. The summed E-state index contributed by atoms with van der Waals surface area (Å²) >= 11 is 3.66. The molecule has 4 aromatic rings. The molecule has 1 atom stereocenters. The molecule has 3 fully saturated rings. The Morgan fingerprint density at radius 1 is 1.00 bits per heavy atom. The van der Waals surface area contributed by atoms with Gasteiger partial charge in [-0.3, -0.25) is 14.3 Å². The molecule has 1 saturated carbocycles. The molecule has 274 valence electrons. The van der Waals surface area contributed by atoms with Crippen LogP contribution in [0.3, 0.4) is 0 Å². The highest BCUT2D eigenvalue weighted by atomic mass is 79.9. The van der Waals surface area contributed by atoms with Gasteiger partial charge in [0.1, 0.15) is 17.7 Å². The Hall–Kier alpha value is -3.90. The number of ether oxygens (including phenoxy) is 1. The first-order valence-electron chi connectivity index (χ1n) is 18.4. The van der Waals surface area contributed by atoms with Gasteiger partial charge < -0.3 is 30.2 Å². The molecule has 0 radical (unpaired) electrons. The minimum absolute atomic E-state index is 0.185. The lowest BCUT2D eigenvalue weighted by atomic mass is 9.95. The van der Waals surface area contributed by atoms with Crippen LogP contribution in [0.4, 0.5) is 28.8 Å². The number of rotatable bonds is 10. The molecule has 0 bridgehead atoms. The fourth-order valence-corrected chi connectivity index (χ4v) is 9.47. The van der Waals surface area contributed by atoms with E-state index in [1.807, 2.05) is 52.9 Å². The smallest absolute Gasteiger partial charge is 0.229 e. The van der Waals surface area contributed by atoms with Crippen molar-refractivity contribution < 1.29 is 9.30 Å². The lowest BCUT2D eigenvalue weighted by Crippen LogP contribution is -2.52. The second kappa shape index (κ2) is 14.9. The van der Waals surface area contributed by atoms with Crippen molar-refractivity contribution >= 4 is 58.1 Å². The van der Waals surface area contributed by atoms with Crippen LogP contribution in [-0.4, -0.2) is 95.6 Å². The molecule has 12 nitrogen and oxygen atoms in total. The van der Waals surface area contributed by atoms with Gasteiger partial charge in [0.05, 0.1) is 28.1 Å². The van der Waals surface area contributed by atoms with Gasteiger partial charge in [-0.05, 0) is 71.8 Å². The van der Waals surface area contributed by atoms with Gasteiger partial charge in [-0.1, -0.05) is 24.3 Å². The molecule has 5 heterocycles. The zero-order valence-electron chi connectivity index (χ0n) is 30.1. The van der Waals surface area contributed by atoms with Crippen LogP contribution < -0.4 is 30.3 Å². The lowest BCUT2D eigenvalue weighted by Gasteiger charge is -2.41. The van der Waals surface area contributed by atoms with Gasteiger partial charge in [0, 0.05) is 101 Å². The number of anilines is 5. The number of hydrogen-bond donors (Lipinski definition) is 3. The Bertz CT molecular complexity index is 1980. The Morgan fingerprint density at radius 3 is 2.50 bits per heavy atom. The number of piperidine rings is 1. The summed E-state index contributed by atoms with van der Waals surface area (Å²) in [6, 6.07) is 13.0. The number of aromatic nitrogens is 4. The van der Waals surface area contributed by atoms with Crippen LogP contribution in [0.15, 0.2) is 65.5 Å². The summed E-state index contributed by atoms with van der Waals surface area (Å²) in [4.78, 5) is 14.8. The predicted octanol–water partition coefficient (Wildman–Crippen LogP) is 7.00. The summed E-state index contributed by atoms with van der Waals surface area (Å²) in [7, 11) is -0.759. The number of nitrogens with one attached hydrogen (secondary N) is 3. The summed E-state index contributed by atoms with van der Waals surface area (Å²) in [6.45, 7) is 9.97. The number of piperazine rings is 1. The standard InChI is InChI=1S/C38H48BrN10O2P/c1-46-25-27(23-42-46)30-21-32(35(51-29-8-6-9-29)22-34(30)48-17-13-28(14-18-48)47-19-15-40-16-20-47)43-38-41-24-31(39)37(45-38)44-36-12-11-26-7-4-5-10-33(26)49(36)52(2,3)50/h4-5,7,10-12,21-25,28-29,36,40H,6,8-9,13-20H2,1-3H3,(H2,41,43,44,45). The second-order valence-electron chi connectivity index (χ2n) is 14.6. The summed E-state index contributed by atoms with van der Waals surface area (Å²) in [5, 5.41) is 15.1. The lowest BCUT2D eigenvalue weighted by molar-refractivity contribution is 0.121. The number of benzene rings is 2. The topological polar surface area (TPSA) is 116 Å². The van der Waals surface area contributed by atoms with Crippen LogP contribution in [0.25, 0.3) is 17.2 Å². The highest BCUT2D eigenvalue weighted by Gasteiger charge is 2.32. The highest BCUT2D eigenvalue weighted by molar-refractivity contribution is 9.10. The second-order valence-corrected chi connectivity index (χ2v) is 18.5. The van der Waals surface area contributed by atoms with Gasteiger partial charge in [0.15, 0.2) is 7.29 Å². The van der Waals surface area contributed by atoms with Crippen molar-refractivity contribution in [3.05, 3.63) is 71.1 Å². The van der Waals surface area contributed by atoms with E-state index in [2.05, 4.69) is 76.2 Å². The molecular weight excluding hydrogens is 739 g/mol. The maximum atomic E-state index is 13.6. The van der Waals surface area contributed by atoms with Crippen LogP contribution in [0.5, 0.6) is 5.75 Å². The number of para-hydroxylation sites is 1. The van der Waals surface area contributed by atoms with E-state index < -0.39 is 7.29 Å². The van der Waals surface area contributed by atoms with E-state index >= 15 is 0 Å². The van der Waals surface area contributed by atoms with Crippen molar-refractivity contribution in [2.45, 2.75) is 50.4 Å². The number of halogens is 1. The van der Waals surface area contributed by atoms with Crippen LogP contribution >= 0.6 is 23.2 Å². The molecule has 3 N–H and O–H groups in total. The van der Waals surface area contributed by atoms with Crippen molar-refractivity contribution in [3.8, 4) is 16.9 Å². The van der Waals surface area contributed by atoms with Crippen molar-refractivity contribution in [3.63, 3.8) is 0 Å². The van der Waals surface area contributed by atoms with E-state index in [1.165, 1.54) is 12.1 Å². The summed E-state index contributed by atoms with van der Waals surface area (Å²) in [5.41, 5.74) is 6.07. The molecule has 2 aromatic carbocycles. The third-order valence-corrected chi connectivity index (χ3v) is 12.7. The minimum Gasteiger partial charge on any atom is -0.488 e. The molecule has 14 heteroatoms. The minimum atomic E-state index is -2.71. The molecule has 3 aliphatic heterocycles. The van der Waals surface area contributed by atoms with Gasteiger partial charge in [-0.15, -0.1) is 0 Å². The Balaban J connectivity index is 1.10. The number of fused-ring (bicyclic) bond motifs is 1. The van der Waals surface area contributed by atoms with Gasteiger partial charge >= 0.3 is 0 Å². The molecule has 1 unspecified atom stereocenters. The average molecular weight is 788 g/mol. The third kappa shape index (κ3) is 7.46. The molecule has 2 aromatic heterocycles. The first kappa shape index (κ1) is 35.1. The average Bonchev–Trinajstić information content (AvgIpc) is 3.57. The Morgan fingerprint density at radius 2 is 1.79 bits per heavy atom. The van der Waals surface area contributed by atoms with Crippen molar-refractivity contribution in [2.75, 3.05) is 72.8 Å². The van der Waals surface area contributed by atoms with E-state index in [1.54, 1.807) is 19.5 Å². The molecule has 2 saturated heterocycles. The van der Waals surface area contributed by atoms with E-state index in [9.17, 15) is 4.57 Å². The fraction of sp³-hybridized carbons (Fsp3) is 0.447. The van der Waals surface area contributed by atoms with Crippen LogP contribution in [0, 0.1) is 0 Å². The van der Waals surface area contributed by atoms with Crippen LogP contribution in [0.2, 0.25) is 0 Å². The Labute approximate surface area is 314 Å². The maximum absolute atomic E-state index is 13.6. The molecule has 8 rings (SSSR count). The SMILES string of the molecule is Cn1cc(-c2cc(Nc3ncc(Br)c(NC4C=Cc5ccccc5N4P(C)(C)=O)n3)c(OC3CCC3)cc2N2CCC(N3CCNCC3)CC2)cn1. The third-order valence-electron chi connectivity index (χ3n) is 10.6. The summed E-state index contributed by atoms with van der Waals surface area (Å²) in [5.74, 6) is 1.81. The molecule has 0 spiro atoms. The first-order chi connectivity index (χ1) is 25.2.